The number of nitrogens with zero attached hydrogens (tertiary/aromatic N) is 1. The molecule has 8 heteroatoms. The third kappa shape index (κ3) is 5.41. The molecular weight excluding hydrogens is 497 g/mol. The minimum atomic E-state index is -0.983. The number of benzene rings is 3. The van der Waals surface area contributed by atoms with Gasteiger partial charge >= 0.3 is 0 Å². The van der Waals surface area contributed by atoms with Crippen LogP contribution in [0.25, 0.3) is 10.9 Å². The van der Waals surface area contributed by atoms with E-state index in [1.54, 1.807) is 43.6 Å². The Hall–Kier alpha value is -4.46. The van der Waals surface area contributed by atoms with E-state index in [1.807, 2.05) is 32.2 Å². The van der Waals surface area contributed by atoms with Gasteiger partial charge in [-0.2, -0.15) is 0 Å². The molecule has 1 amide bonds. The SMILES string of the molecule is CNc1cc2nccc(Oc3ccc(NC(=O)C4(C(=O)CCc5ccc(F)cc5)CC4)c(C)c3)c2cc1OC. The minimum absolute atomic E-state index is 0.0802. The Balaban J connectivity index is 1.27. The average Bonchev–Trinajstić information content (AvgIpc) is 3.76. The highest BCUT2D eigenvalue weighted by Crippen LogP contribution is 2.48. The van der Waals surface area contributed by atoms with Crippen LogP contribution in [0.5, 0.6) is 17.2 Å². The summed E-state index contributed by atoms with van der Waals surface area (Å²) in [5.41, 5.74) is 2.91. The second-order valence-electron chi connectivity index (χ2n) is 9.79. The second-order valence-corrected chi connectivity index (χ2v) is 9.79. The number of carbonyl (C=O) groups excluding carboxylic acids is 2. The quantitative estimate of drug-likeness (QED) is 0.231. The fourth-order valence-electron chi connectivity index (χ4n) is 4.72. The summed E-state index contributed by atoms with van der Waals surface area (Å²) in [7, 11) is 3.43. The number of hydrogen-bond donors (Lipinski definition) is 2. The number of anilines is 2. The normalized spacial score (nSPS) is 13.5. The van der Waals surface area contributed by atoms with Crippen LogP contribution in [0.15, 0.2) is 66.9 Å². The fourth-order valence-corrected chi connectivity index (χ4v) is 4.72. The molecular formula is C31H30FN3O4. The number of Topliss-reactive ketones (excluding diaryl/α,β-unsaturated/α-hetero) is 1. The Labute approximate surface area is 226 Å². The smallest absolute Gasteiger partial charge is 0.238 e. The minimum Gasteiger partial charge on any atom is -0.495 e. The Morgan fingerprint density at radius 2 is 1.77 bits per heavy atom. The second kappa shape index (κ2) is 10.7. The van der Waals surface area contributed by atoms with Gasteiger partial charge in [0.25, 0.3) is 0 Å². The molecule has 1 aliphatic rings. The van der Waals surface area contributed by atoms with E-state index >= 15 is 0 Å². The molecule has 0 unspecified atom stereocenters. The molecule has 1 aliphatic carbocycles. The van der Waals surface area contributed by atoms with Crippen LogP contribution in [-0.4, -0.2) is 30.8 Å². The summed E-state index contributed by atoms with van der Waals surface area (Å²) < 4.78 is 24.8. The van der Waals surface area contributed by atoms with Gasteiger partial charge in [0, 0.05) is 30.7 Å². The highest BCUT2D eigenvalue weighted by atomic mass is 19.1. The lowest BCUT2D eigenvalue weighted by Crippen LogP contribution is -2.32. The topological polar surface area (TPSA) is 89.6 Å². The van der Waals surface area contributed by atoms with Crippen molar-refractivity contribution in [3.8, 4) is 17.2 Å². The lowest BCUT2D eigenvalue weighted by Gasteiger charge is -2.17. The number of hydrogen-bond acceptors (Lipinski definition) is 6. The number of pyridine rings is 1. The number of aromatic nitrogens is 1. The Morgan fingerprint density at radius 3 is 2.44 bits per heavy atom. The molecule has 200 valence electrons. The first-order valence-electron chi connectivity index (χ1n) is 12.8. The highest BCUT2D eigenvalue weighted by molar-refractivity contribution is 6.14. The van der Waals surface area contributed by atoms with Gasteiger partial charge in [-0.15, -0.1) is 0 Å². The molecule has 0 aliphatic heterocycles. The largest absolute Gasteiger partial charge is 0.495 e. The van der Waals surface area contributed by atoms with Crippen molar-refractivity contribution in [2.75, 3.05) is 24.8 Å². The predicted molar refractivity (Wildman–Crippen MR) is 149 cm³/mol. The molecule has 0 saturated heterocycles. The maximum absolute atomic E-state index is 13.1. The zero-order valence-corrected chi connectivity index (χ0v) is 22.1. The number of carbonyl (C=O) groups is 2. The van der Waals surface area contributed by atoms with E-state index in [0.717, 1.165) is 27.7 Å². The van der Waals surface area contributed by atoms with Crippen LogP contribution in [0, 0.1) is 18.2 Å². The van der Waals surface area contributed by atoms with Crippen molar-refractivity contribution in [3.05, 3.63) is 83.8 Å². The number of aryl methyl sites for hydroxylation is 2. The first-order valence-corrected chi connectivity index (χ1v) is 12.8. The molecule has 7 nitrogen and oxygen atoms in total. The van der Waals surface area contributed by atoms with E-state index in [1.165, 1.54) is 12.1 Å². The van der Waals surface area contributed by atoms with Crippen LogP contribution in [0.3, 0.4) is 0 Å². The zero-order valence-electron chi connectivity index (χ0n) is 22.1. The van der Waals surface area contributed by atoms with Crippen molar-refractivity contribution < 1.29 is 23.5 Å². The first kappa shape index (κ1) is 26.2. The summed E-state index contributed by atoms with van der Waals surface area (Å²) >= 11 is 0. The Bertz CT molecular complexity index is 1550. The number of fused-ring (bicyclic) bond motifs is 1. The number of nitrogens with one attached hydrogen (secondary N) is 2. The van der Waals surface area contributed by atoms with Gasteiger partial charge in [-0.25, -0.2) is 4.39 Å². The summed E-state index contributed by atoms with van der Waals surface area (Å²) in [5.74, 6) is 1.23. The molecule has 0 radical (unpaired) electrons. The summed E-state index contributed by atoms with van der Waals surface area (Å²) in [6.45, 7) is 1.88. The molecule has 0 spiro atoms. The number of halogens is 1. The lowest BCUT2D eigenvalue weighted by atomic mass is 9.94. The van der Waals surface area contributed by atoms with Gasteiger partial charge in [0.1, 0.15) is 34.3 Å². The Morgan fingerprint density at radius 1 is 1.00 bits per heavy atom. The van der Waals surface area contributed by atoms with Gasteiger partial charge in [0.15, 0.2) is 0 Å². The van der Waals surface area contributed by atoms with Crippen molar-refractivity contribution in [1.29, 1.82) is 0 Å². The number of ketones is 1. The van der Waals surface area contributed by atoms with Gasteiger partial charge < -0.3 is 20.1 Å². The molecule has 1 saturated carbocycles. The first-order chi connectivity index (χ1) is 18.8. The third-order valence-electron chi connectivity index (χ3n) is 7.24. The van der Waals surface area contributed by atoms with Gasteiger partial charge in [-0.1, -0.05) is 12.1 Å². The van der Waals surface area contributed by atoms with Crippen molar-refractivity contribution in [2.45, 2.75) is 32.6 Å². The standard InChI is InChI=1S/C31H30FN3O4/c1-19-16-22(39-27-12-15-34-25-18-26(33-2)28(38-3)17-23(25)27)9-10-24(19)35-30(37)31(13-14-31)29(36)11-6-20-4-7-21(32)8-5-20/h4-5,7-10,12,15-18,33H,6,11,13-14H2,1-3H3,(H,35,37). The number of rotatable bonds is 10. The molecule has 0 bridgehead atoms. The van der Waals surface area contributed by atoms with E-state index in [-0.39, 0.29) is 23.9 Å². The molecule has 1 heterocycles. The van der Waals surface area contributed by atoms with Crippen LogP contribution in [0.1, 0.15) is 30.4 Å². The van der Waals surface area contributed by atoms with Gasteiger partial charge in [-0.3, -0.25) is 14.6 Å². The van der Waals surface area contributed by atoms with Crippen molar-refractivity contribution in [1.82, 2.24) is 4.98 Å². The molecule has 1 fully saturated rings. The van der Waals surface area contributed by atoms with Crippen LogP contribution >= 0.6 is 0 Å². The summed E-state index contributed by atoms with van der Waals surface area (Å²) in [6, 6.07) is 17.1. The maximum Gasteiger partial charge on any atom is 0.238 e. The van der Waals surface area contributed by atoms with E-state index < -0.39 is 5.41 Å². The van der Waals surface area contributed by atoms with E-state index in [9.17, 15) is 14.0 Å². The van der Waals surface area contributed by atoms with Gasteiger partial charge in [-0.05, 0) is 85.8 Å². The van der Waals surface area contributed by atoms with E-state index in [2.05, 4.69) is 15.6 Å². The van der Waals surface area contributed by atoms with Crippen LogP contribution < -0.4 is 20.1 Å². The molecule has 5 rings (SSSR count). The maximum atomic E-state index is 13.1. The van der Waals surface area contributed by atoms with E-state index in [4.69, 9.17) is 9.47 Å². The molecule has 39 heavy (non-hydrogen) atoms. The third-order valence-corrected chi connectivity index (χ3v) is 7.24. The van der Waals surface area contributed by atoms with Gasteiger partial charge in [0.2, 0.25) is 5.91 Å². The van der Waals surface area contributed by atoms with Crippen LogP contribution in [0.2, 0.25) is 0 Å². The van der Waals surface area contributed by atoms with Crippen molar-refractivity contribution in [3.63, 3.8) is 0 Å². The number of methoxy groups -OCH3 is 1. The molecule has 4 aromatic rings. The van der Waals surface area contributed by atoms with Crippen LogP contribution in [-0.2, 0) is 16.0 Å². The monoisotopic (exact) mass is 527 g/mol. The van der Waals surface area contributed by atoms with Crippen molar-refractivity contribution in [2.24, 2.45) is 5.41 Å². The lowest BCUT2D eigenvalue weighted by molar-refractivity contribution is -0.133. The zero-order chi connectivity index (χ0) is 27.6. The van der Waals surface area contributed by atoms with Crippen LogP contribution in [0.4, 0.5) is 15.8 Å². The van der Waals surface area contributed by atoms with E-state index in [0.29, 0.717) is 42.2 Å². The molecule has 0 atom stereocenters. The number of amides is 1. The fraction of sp³-hybridized carbons (Fsp3) is 0.258. The molecule has 2 N–H and O–H groups in total. The Kier molecular flexibility index (Phi) is 7.19. The molecule has 1 aromatic heterocycles. The van der Waals surface area contributed by atoms with Gasteiger partial charge in [0.05, 0.1) is 18.3 Å². The molecule has 3 aromatic carbocycles. The number of ether oxygens (including phenoxy) is 2. The summed E-state index contributed by atoms with van der Waals surface area (Å²) in [5, 5.41) is 6.85. The summed E-state index contributed by atoms with van der Waals surface area (Å²) in [6.07, 6.45) is 3.48. The van der Waals surface area contributed by atoms with Crippen molar-refractivity contribution >= 4 is 34.0 Å². The summed E-state index contributed by atoms with van der Waals surface area (Å²) in [4.78, 5) is 30.5. The average molecular weight is 528 g/mol. The predicted octanol–water partition coefficient (Wildman–Crippen LogP) is 6.45. The highest BCUT2D eigenvalue weighted by Gasteiger charge is 2.55.